The molecule has 0 bridgehead atoms. The molecule has 3 nitrogen and oxygen atoms in total. The number of carbonyl (C=O) groups is 1. The van der Waals surface area contributed by atoms with Gasteiger partial charge in [0.15, 0.2) is 0 Å². The van der Waals surface area contributed by atoms with Gasteiger partial charge < -0.3 is 10.8 Å². The van der Waals surface area contributed by atoms with Crippen LogP contribution in [0.4, 0.5) is 4.39 Å². The van der Waals surface area contributed by atoms with Crippen LogP contribution in [0.15, 0.2) is 36.4 Å². The standard InChI is InChI=1S/C10H10FNO2/c1-6(10(13)14)9(12)7-2-4-8(11)5-3-7/h2-5,9H,1,12H2,(H,13,14)/t9-/m1/s1. The van der Waals surface area contributed by atoms with Gasteiger partial charge in [-0.25, -0.2) is 9.18 Å². The summed E-state index contributed by atoms with van der Waals surface area (Å²) in [6.45, 7) is 3.33. The van der Waals surface area contributed by atoms with Crippen LogP contribution < -0.4 is 5.73 Å². The highest BCUT2D eigenvalue weighted by atomic mass is 19.1. The maximum Gasteiger partial charge on any atom is 0.332 e. The second kappa shape index (κ2) is 4.02. The van der Waals surface area contributed by atoms with Crippen molar-refractivity contribution in [3.05, 3.63) is 47.8 Å². The van der Waals surface area contributed by atoms with Crippen LogP contribution >= 0.6 is 0 Å². The Labute approximate surface area is 80.7 Å². The van der Waals surface area contributed by atoms with Gasteiger partial charge in [0, 0.05) is 0 Å². The molecule has 1 aromatic rings. The quantitative estimate of drug-likeness (QED) is 0.718. The number of hydrogen-bond acceptors (Lipinski definition) is 2. The fraction of sp³-hybridized carbons (Fsp3) is 0.100. The first-order chi connectivity index (χ1) is 6.52. The van der Waals surface area contributed by atoms with Gasteiger partial charge in [-0.3, -0.25) is 0 Å². The Morgan fingerprint density at radius 3 is 2.36 bits per heavy atom. The molecule has 0 saturated heterocycles. The number of hydrogen-bond donors (Lipinski definition) is 2. The van der Waals surface area contributed by atoms with E-state index in [9.17, 15) is 9.18 Å². The number of carboxylic acids is 1. The van der Waals surface area contributed by atoms with Crippen molar-refractivity contribution in [3.8, 4) is 0 Å². The second-order valence-corrected chi connectivity index (χ2v) is 2.86. The molecule has 74 valence electrons. The van der Waals surface area contributed by atoms with Gasteiger partial charge in [0.05, 0.1) is 11.6 Å². The smallest absolute Gasteiger partial charge is 0.332 e. The summed E-state index contributed by atoms with van der Waals surface area (Å²) in [5.74, 6) is -1.54. The Bertz CT molecular complexity index is 359. The van der Waals surface area contributed by atoms with Crippen LogP contribution in [0.5, 0.6) is 0 Å². The minimum absolute atomic E-state index is 0.114. The van der Waals surface area contributed by atoms with E-state index in [0.717, 1.165) is 0 Å². The Morgan fingerprint density at radius 2 is 1.93 bits per heavy atom. The van der Waals surface area contributed by atoms with Gasteiger partial charge in [0.25, 0.3) is 0 Å². The third kappa shape index (κ3) is 2.17. The lowest BCUT2D eigenvalue weighted by Crippen LogP contribution is -2.18. The topological polar surface area (TPSA) is 63.3 Å². The molecule has 0 aliphatic carbocycles. The van der Waals surface area contributed by atoms with E-state index in [4.69, 9.17) is 10.8 Å². The van der Waals surface area contributed by atoms with E-state index in [1.54, 1.807) is 0 Å². The number of aliphatic carboxylic acids is 1. The van der Waals surface area contributed by atoms with E-state index >= 15 is 0 Å². The average Bonchev–Trinajstić information content (AvgIpc) is 2.16. The fourth-order valence-electron chi connectivity index (χ4n) is 1.00. The van der Waals surface area contributed by atoms with Crippen LogP contribution in [0.25, 0.3) is 0 Å². The van der Waals surface area contributed by atoms with Gasteiger partial charge in [-0.15, -0.1) is 0 Å². The summed E-state index contributed by atoms with van der Waals surface area (Å²) in [6.07, 6.45) is 0. The Morgan fingerprint density at radius 1 is 1.43 bits per heavy atom. The molecule has 0 aliphatic heterocycles. The second-order valence-electron chi connectivity index (χ2n) is 2.86. The number of halogens is 1. The van der Waals surface area contributed by atoms with Crippen LogP contribution in [-0.2, 0) is 4.79 Å². The molecule has 0 aliphatic rings. The summed E-state index contributed by atoms with van der Waals surface area (Å²) in [6, 6.07) is 4.53. The van der Waals surface area contributed by atoms with E-state index in [0.29, 0.717) is 5.56 Å². The molecule has 3 N–H and O–H groups in total. The molecular weight excluding hydrogens is 185 g/mol. The highest BCUT2D eigenvalue weighted by Crippen LogP contribution is 2.17. The van der Waals surface area contributed by atoms with E-state index in [2.05, 4.69) is 6.58 Å². The van der Waals surface area contributed by atoms with E-state index in [1.165, 1.54) is 24.3 Å². The van der Waals surface area contributed by atoms with Crippen LogP contribution in [-0.4, -0.2) is 11.1 Å². The van der Waals surface area contributed by atoms with Crippen molar-refractivity contribution in [1.82, 2.24) is 0 Å². The highest BCUT2D eigenvalue weighted by molar-refractivity contribution is 5.87. The molecule has 0 radical (unpaired) electrons. The monoisotopic (exact) mass is 195 g/mol. The summed E-state index contributed by atoms with van der Waals surface area (Å²) in [5.41, 5.74) is 6.00. The van der Waals surface area contributed by atoms with Gasteiger partial charge in [0.2, 0.25) is 0 Å². The predicted molar refractivity (Wildman–Crippen MR) is 50.1 cm³/mol. The van der Waals surface area contributed by atoms with Gasteiger partial charge >= 0.3 is 5.97 Å². The van der Waals surface area contributed by atoms with Crippen molar-refractivity contribution in [1.29, 1.82) is 0 Å². The summed E-state index contributed by atoms with van der Waals surface area (Å²) in [7, 11) is 0. The molecule has 0 fully saturated rings. The third-order valence-corrected chi connectivity index (χ3v) is 1.88. The zero-order valence-electron chi connectivity index (χ0n) is 7.40. The number of carboxylic acid groups (broad SMARTS) is 1. The third-order valence-electron chi connectivity index (χ3n) is 1.88. The van der Waals surface area contributed by atoms with Crippen molar-refractivity contribution < 1.29 is 14.3 Å². The minimum atomic E-state index is -1.15. The SMILES string of the molecule is C=C(C(=O)O)[C@@H](N)c1ccc(F)cc1. The molecule has 4 heteroatoms. The van der Waals surface area contributed by atoms with Crippen LogP contribution in [0.3, 0.4) is 0 Å². The van der Waals surface area contributed by atoms with E-state index in [1.807, 2.05) is 0 Å². The Hall–Kier alpha value is -1.68. The van der Waals surface area contributed by atoms with Gasteiger partial charge in [-0.2, -0.15) is 0 Å². The van der Waals surface area contributed by atoms with Crippen molar-refractivity contribution in [2.24, 2.45) is 5.73 Å². The van der Waals surface area contributed by atoms with Crippen LogP contribution in [0, 0.1) is 5.82 Å². The maximum absolute atomic E-state index is 12.5. The predicted octanol–water partition coefficient (Wildman–Crippen LogP) is 1.47. The van der Waals surface area contributed by atoms with Crippen molar-refractivity contribution in [2.45, 2.75) is 6.04 Å². The molecule has 0 aromatic heterocycles. The molecule has 0 heterocycles. The van der Waals surface area contributed by atoms with Crippen LogP contribution in [0.1, 0.15) is 11.6 Å². The summed E-state index contributed by atoms with van der Waals surface area (Å²) < 4.78 is 12.5. The highest BCUT2D eigenvalue weighted by Gasteiger charge is 2.15. The summed E-state index contributed by atoms with van der Waals surface area (Å²) >= 11 is 0. The molecule has 0 unspecified atom stereocenters. The first-order valence-corrected chi connectivity index (χ1v) is 3.95. The van der Waals surface area contributed by atoms with Crippen molar-refractivity contribution in [3.63, 3.8) is 0 Å². The number of benzene rings is 1. The van der Waals surface area contributed by atoms with Gasteiger partial charge in [0.1, 0.15) is 5.82 Å². The lowest BCUT2D eigenvalue weighted by atomic mass is 10.0. The largest absolute Gasteiger partial charge is 0.478 e. The zero-order chi connectivity index (χ0) is 10.7. The van der Waals surface area contributed by atoms with Crippen LogP contribution in [0.2, 0.25) is 0 Å². The normalized spacial score (nSPS) is 12.1. The van der Waals surface area contributed by atoms with E-state index in [-0.39, 0.29) is 11.4 Å². The minimum Gasteiger partial charge on any atom is -0.478 e. The maximum atomic E-state index is 12.5. The first kappa shape index (κ1) is 10.4. The lowest BCUT2D eigenvalue weighted by molar-refractivity contribution is -0.132. The molecule has 14 heavy (non-hydrogen) atoms. The molecule has 0 amide bonds. The molecular formula is C10H10FNO2. The fourth-order valence-corrected chi connectivity index (χ4v) is 1.00. The number of nitrogens with two attached hydrogens (primary N) is 1. The first-order valence-electron chi connectivity index (χ1n) is 3.95. The van der Waals surface area contributed by atoms with Gasteiger partial charge in [-0.05, 0) is 17.7 Å². The molecule has 1 aromatic carbocycles. The van der Waals surface area contributed by atoms with Crippen molar-refractivity contribution >= 4 is 5.97 Å². The molecule has 0 saturated carbocycles. The average molecular weight is 195 g/mol. The Balaban J connectivity index is 2.89. The van der Waals surface area contributed by atoms with Crippen molar-refractivity contribution in [2.75, 3.05) is 0 Å². The van der Waals surface area contributed by atoms with E-state index < -0.39 is 12.0 Å². The molecule has 0 spiro atoms. The number of rotatable bonds is 3. The summed E-state index contributed by atoms with van der Waals surface area (Å²) in [4.78, 5) is 10.5. The molecule has 1 atom stereocenters. The van der Waals surface area contributed by atoms with Gasteiger partial charge in [-0.1, -0.05) is 18.7 Å². The lowest BCUT2D eigenvalue weighted by Gasteiger charge is -2.11. The zero-order valence-corrected chi connectivity index (χ0v) is 7.40. The Kier molecular flexibility index (Phi) is 2.99. The summed E-state index contributed by atoms with van der Waals surface area (Å²) in [5, 5.41) is 8.61. The molecule has 1 rings (SSSR count).